The van der Waals surface area contributed by atoms with Gasteiger partial charge in [0.2, 0.25) is 0 Å². The molecule has 0 bridgehead atoms. The first kappa shape index (κ1) is 19.7. The number of guanidine groups is 1. The topological polar surface area (TPSA) is 69.5 Å². The van der Waals surface area contributed by atoms with Gasteiger partial charge >= 0.3 is 6.18 Å². The molecule has 2 aromatic rings. The monoisotopic (exact) mass is 366 g/mol. The number of hydrogen-bond acceptors (Lipinski definition) is 3. The van der Waals surface area contributed by atoms with Gasteiger partial charge in [-0.3, -0.25) is 4.98 Å². The van der Waals surface area contributed by atoms with E-state index in [4.69, 9.17) is 0 Å². The molecule has 0 radical (unpaired) electrons. The lowest BCUT2D eigenvalue weighted by atomic mass is 10.1. The van der Waals surface area contributed by atoms with Gasteiger partial charge in [-0.15, -0.1) is 0 Å². The smallest absolute Gasteiger partial charge is 0.387 e. The third kappa shape index (κ3) is 6.03. The highest BCUT2D eigenvalue weighted by atomic mass is 19.4. The molecule has 0 spiro atoms. The van der Waals surface area contributed by atoms with E-state index >= 15 is 0 Å². The predicted molar refractivity (Wildman–Crippen MR) is 93.5 cm³/mol. The Labute approximate surface area is 150 Å². The molecule has 1 aromatic heterocycles. The zero-order valence-electron chi connectivity index (χ0n) is 14.3. The van der Waals surface area contributed by atoms with Crippen molar-refractivity contribution in [3.05, 3.63) is 65.5 Å². The van der Waals surface area contributed by atoms with E-state index < -0.39 is 17.8 Å². The lowest BCUT2D eigenvalue weighted by molar-refractivity contribution is -0.137. The Morgan fingerprint density at radius 2 is 1.92 bits per heavy atom. The average Bonchev–Trinajstić information content (AvgIpc) is 2.64. The molecule has 0 amide bonds. The molecule has 1 heterocycles. The van der Waals surface area contributed by atoms with Crippen LogP contribution in [-0.2, 0) is 12.7 Å². The number of aliphatic imine (C=N–C) groups is 1. The maximum absolute atomic E-state index is 12.8. The summed E-state index contributed by atoms with van der Waals surface area (Å²) in [6.45, 7) is 2.75. The SMILES string of the molecule is CCNC(=NCc1cccc(C(F)(F)F)c1)NCC(O)c1ccncc1. The summed E-state index contributed by atoms with van der Waals surface area (Å²) in [7, 11) is 0. The maximum atomic E-state index is 12.8. The fourth-order valence-corrected chi connectivity index (χ4v) is 2.25. The first-order valence-electron chi connectivity index (χ1n) is 8.16. The number of alkyl halides is 3. The molecule has 26 heavy (non-hydrogen) atoms. The van der Waals surface area contributed by atoms with Crippen LogP contribution in [0.25, 0.3) is 0 Å². The summed E-state index contributed by atoms with van der Waals surface area (Å²) in [5, 5.41) is 16.1. The predicted octanol–water partition coefficient (Wildman–Crippen LogP) is 2.89. The zero-order chi connectivity index (χ0) is 19.0. The van der Waals surface area contributed by atoms with Crippen LogP contribution in [0.15, 0.2) is 53.8 Å². The third-order valence-electron chi connectivity index (χ3n) is 3.57. The van der Waals surface area contributed by atoms with Crippen molar-refractivity contribution in [1.29, 1.82) is 0 Å². The van der Waals surface area contributed by atoms with Crippen molar-refractivity contribution in [2.75, 3.05) is 13.1 Å². The van der Waals surface area contributed by atoms with Gasteiger partial charge in [0.05, 0.1) is 18.2 Å². The van der Waals surface area contributed by atoms with E-state index in [-0.39, 0.29) is 13.1 Å². The van der Waals surface area contributed by atoms with Gasteiger partial charge in [-0.05, 0) is 42.3 Å². The molecule has 8 heteroatoms. The highest BCUT2D eigenvalue weighted by molar-refractivity contribution is 5.79. The van der Waals surface area contributed by atoms with Crippen molar-refractivity contribution in [3.8, 4) is 0 Å². The van der Waals surface area contributed by atoms with Crippen molar-refractivity contribution < 1.29 is 18.3 Å². The van der Waals surface area contributed by atoms with E-state index in [9.17, 15) is 18.3 Å². The highest BCUT2D eigenvalue weighted by Crippen LogP contribution is 2.29. The minimum Gasteiger partial charge on any atom is -0.387 e. The van der Waals surface area contributed by atoms with Crippen molar-refractivity contribution in [1.82, 2.24) is 15.6 Å². The molecule has 1 unspecified atom stereocenters. The number of pyridine rings is 1. The Kier molecular flexibility index (Phi) is 6.97. The van der Waals surface area contributed by atoms with Crippen LogP contribution in [0.2, 0.25) is 0 Å². The van der Waals surface area contributed by atoms with Gasteiger partial charge in [0.15, 0.2) is 5.96 Å². The number of nitrogens with one attached hydrogen (secondary N) is 2. The number of halogens is 3. The summed E-state index contributed by atoms with van der Waals surface area (Å²) < 4.78 is 38.3. The van der Waals surface area contributed by atoms with E-state index in [1.54, 1.807) is 30.6 Å². The second-order valence-electron chi connectivity index (χ2n) is 5.57. The fourth-order valence-electron chi connectivity index (χ4n) is 2.25. The van der Waals surface area contributed by atoms with Crippen molar-refractivity contribution in [3.63, 3.8) is 0 Å². The molecular weight excluding hydrogens is 345 g/mol. The summed E-state index contributed by atoms with van der Waals surface area (Å²) in [5.41, 5.74) is 0.462. The van der Waals surface area contributed by atoms with Gasteiger partial charge in [-0.1, -0.05) is 12.1 Å². The first-order chi connectivity index (χ1) is 12.4. The number of rotatable bonds is 6. The Morgan fingerprint density at radius 3 is 2.58 bits per heavy atom. The first-order valence-corrected chi connectivity index (χ1v) is 8.16. The highest BCUT2D eigenvalue weighted by Gasteiger charge is 2.30. The molecule has 1 aromatic carbocycles. The molecular formula is C18H21F3N4O. The summed E-state index contributed by atoms with van der Waals surface area (Å²) in [5.74, 6) is 0.415. The Bertz CT molecular complexity index is 720. The summed E-state index contributed by atoms with van der Waals surface area (Å²) >= 11 is 0. The second-order valence-corrected chi connectivity index (χ2v) is 5.57. The molecule has 0 aliphatic heterocycles. The van der Waals surface area contributed by atoms with Crippen molar-refractivity contribution in [2.24, 2.45) is 4.99 Å². The van der Waals surface area contributed by atoms with E-state index in [0.717, 1.165) is 12.1 Å². The fraction of sp³-hybridized carbons (Fsp3) is 0.333. The molecule has 5 nitrogen and oxygen atoms in total. The molecule has 140 valence electrons. The average molecular weight is 366 g/mol. The molecule has 3 N–H and O–H groups in total. The lowest BCUT2D eigenvalue weighted by Crippen LogP contribution is -2.39. The van der Waals surface area contributed by atoms with Gasteiger partial charge in [0.25, 0.3) is 0 Å². The summed E-state index contributed by atoms with van der Waals surface area (Å²) in [6.07, 6.45) is -1.95. The Morgan fingerprint density at radius 1 is 1.19 bits per heavy atom. The standard InChI is InChI=1S/C18H21F3N4O/c1-2-23-17(25-12-16(26)14-6-8-22-9-7-14)24-11-13-4-3-5-15(10-13)18(19,20)21/h3-10,16,26H,2,11-12H2,1H3,(H2,23,24,25). The maximum Gasteiger partial charge on any atom is 0.416 e. The number of aromatic nitrogens is 1. The molecule has 2 rings (SSSR count). The number of nitrogens with zero attached hydrogens (tertiary/aromatic N) is 2. The van der Waals surface area contributed by atoms with Crippen LogP contribution in [-0.4, -0.2) is 29.1 Å². The zero-order valence-corrected chi connectivity index (χ0v) is 14.3. The summed E-state index contributed by atoms with van der Waals surface area (Å²) in [6, 6.07) is 8.48. The molecule has 0 aliphatic rings. The van der Waals surface area contributed by atoms with Crippen LogP contribution in [0, 0.1) is 0 Å². The van der Waals surface area contributed by atoms with Crippen LogP contribution < -0.4 is 10.6 Å². The third-order valence-corrected chi connectivity index (χ3v) is 3.57. The number of hydrogen-bond donors (Lipinski definition) is 3. The molecule has 0 saturated heterocycles. The molecule has 0 saturated carbocycles. The number of aliphatic hydroxyl groups is 1. The van der Waals surface area contributed by atoms with Crippen molar-refractivity contribution in [2.45, 2.75) is 25.7 Å². The van der Waals surface area contributed by atoms with Crippen LogP contribution >= 0.6 is 0 Å². The van der Waals surface area contributed by atoms with E-state index in [1.807, 2.05) is 6.92 Å². The molecule has 0 aliphatic carbocycles. The quantitative estimate of drug-likeness (QED) is 0.543. The molecule has 0 fully saturated rings. The number of aliphatic hydroxyl groups excluding tert-OH is 1. The lowest BCUT2D eigenvalue weighted by Gasteiger charge is -2.15. The van der Waals surface area contributed by atoms with Crippen LogP contribution in [0.5, 0.6) is 0 Å². The minimum absolute atomic E-state index is 0.0879. The molecule has 1 atom stereocenters. The second kappa shape index (κ2) is 9.19. The van der Waals surface area contributed by atoms with Gasteiger partial charge in [0.1, 0.15) is 0 Å². The van der Waals surface area contributed by atoms with Crippen LogP contribution in [0.1, 0.15) is 29.7 Å². The summed E-state index contributed by atoms with van der Waals surface area (Å²) in [4.78, 5) is 8.17. The van der Waals surface area contributed by atoms with E-state index in [0.29, 0.717) is 23.6 Å². The van der Waals surface area contributed by atoms with Gasteiger partial charge in [-0.25, -0.2) is 4.99 Å². The van der Waals surface area contributed by atoms with Crippen molar-refractivity contribution >= 4 is 5.96 Å². The van der Waals surface area contributed by atoms with Gasteiger partial charge in [-0.2, -0.15) is 13.2 Å². The minimum atomic E-state index is -4.38. The normalized spacial score (nSPS) is 13.3. The van der Waals surface area contributed by atoms with Crippen LogP contribution in [0.4, 0.5) is 13.2 Å². The Hall–Kier alpha value is -2.61. The van der Waals surface area contributed by atoms with Gasteiger partial charge < -0.3 is 15.7 Å². The van der Waals surface area contributed by atoms with E-state index in [2.05, 4.69) is 20.6 Å². The Balaban J connectivity index is 2.00. The van der Waals surface area contributed by atoms with E-state index in [1.165, 1.54) is 6.07 Å². The van der Waals surface area contributed by atoms with Gasteiger partial charge in [0, 0.05) is 25.5 Å². The largest absolute Gasteiger partial charge is 0.416 e. The number of benzene rings is 1. The van der Waals surface area contributed by atoms with Crippen LogP contribution in [0.3, 0.4) is 0 Å².